The Morgan fingerprint density at radius 1 is 1.10 bits per heavy atom. The van der Waals surface area contributed by atoms with E-state index in [4.69, 9.17) is 15.2 Å². The van der Waals surface area contributed by atoms with Gasteiger partial charge < -0.3 is 15.2 Å². The monoisotopic (exact) mass is 280 g/mol. The van der Waals surface area contributed by atoms with Crippen molar-refractivity contribution in [2.24, 2.45) is 0 Å². The average molecular weight is 280 g/mol. The van der Waals surface area contributed by atoms with E-state index in [9.17, 15) is 0 Å². The number of ether oxygens (including phenoxy) is 2. The molecule has 1 aliphatic rings. The quantitative estimate of drug-likeness (QED) is 0.753. The summed E-state index contributed by atoms with van der Waals surface area (Å²) in [5.41, 5.74) is 9.53. The molecule has 6 nitrogen and oxygen atoms in total. The van der Waals surface area contributed by atoms with Crippen LogP contribution < -0.4 is 15.2 Å². The van der Waals surface area contributed by atoms with E-state index >= 15 is 0 Å². The minimum absolute atomic E-state index is 0.245. The number of H-pyrrole nitrogens is 1. The van der Waals surface area contributed by atoms with Crippen molar-refractivity contribution in [2.45, 2.75) is 0 Å². The molecule has 0 amide bonds. The predicted octanol–water partition coefficient (Wildman–Crippen LogP) is 2.45. The summed E-state index contributed by atoms with van der Waals surface area (Å²) in [5, 5.41) is 7.09. The fourth-order valence-corrected chi connectivity index (χ4v) is 2.42. The first-order chi connectivity index (χ1) is 10.3. The Bertz CT molecular complexity index is 799. The highest BCUT2D eigenvalue weighted by atomic mass is 16.7. The molecule has 0 radical (unpaired) electrons. The van der Waals surface area contributed by atoms with Gasteiger partial charge in [-0.1, -0.05) is 6.07 Å². The Labute approximate surface area is 120 Å². The Morgan fingerprint density at radius 3 is 2.86 bits per heavy atom. The van der Waals surface area contributed by atoms with Gasteiger partial charge in [-0.15, -0.1) is 0 Å². The van der Waals surface area contributed by atoms with Crippen molar-refractivity contribution in [3.63, 3.8) is 0 Å². The minimum atomic E-state index is 0.245. The number of anilines is 1. The summed E-state index contributed by atoms with van der Waals surface area (Å²) in [6.07, 6.45) is 3.49. The second-order valence-corrected chi connectivity index (χ2v) is 4.67. The zero-order valence-electron chi connectivity index (χ0n) is 11.0. The van der Waals surface area contributed by atoms with Crippen LogP contribution in [0.1, 0.15) is 0 Å². The fraction of sp³-hybridized carbons (Fsp3) is 0.0667. The van der Waals surface area contributed by atoms with Gasteiger partial charge in [-0.2, -0.15) is 5.10 Å². The van der Waals surface area contributed by atoms with Crippen LogP contribution in [-0.2, 0) is 0 Å². The maximum atomic E-state index is 6.02. The van der Waals surface area contributed by atoms with Crippen molar-refractivity contribution < 1.29 is 9.47 Å². The van der Waals surface area contributed by atoms with Crippen LogP contribution in [0.5, 0.6) is 11.5 Å². The number of nitrogens with one attached hydrogen (secondary N) is 1. The lowest BCUT2D eigenvalue weighted by molar-refractivity contribution is 0.174. The van der Waals surface area contributed by atoms with Gasteiger partial charge in [-0.25, -0.2) is 0 Å². The predicted molar refractivity (Wildman–Crippen MR) is 77.8 cm³/mol. The maximum Gasteiger partial charge on any atom is 0.231 e. The Morgan fingerprint density at radius 2 is 2.00 bits per heavy atom. The second-order valence-electron chi connectivity index (χ2n) is 4.67. The van der Waals surface area contributed by atoms with E-state index in [1.54, 1.807) is 12.4 Å². The summed E-state index contributed by atoms with van der Waals surface area (Å²) < 4.78 is 10.7. The van der Waals surface area contributed by atoms with E-state index in [2.05, 4.69) is 15.2 Å². The molecular formula is C15H12N4O2. The minimum Gasteiger partial charge on any atom is -0.454 e. The molecule has 2 aromatic heterocycles. The van der Waals surface area contributed by atoms with Crippen molar-refractivity contribution in [1.82, 2.24) is 15.2 Å². The lowest BCUT2D eigenvalue weighted by Crippen LogP contribution is -1.93. The Hall–Kier alpha value is -3.02. The van der Waals surface area contributed by atoms with Crippen molar-refractivity contribution in [3.8, 4) is 33.9 Å². The topological polar surface area (TPSA) is 86.1 Å². The van der Waals surface area contributed by atoms with Crippen LogP contribution in [-0.4, -0.2) is 22.0 Å². The van der Waals surface area contributed by atoms with E-state index < -0.39 is 0 Å². The zero-order valence-corrected chi connectivity index (χ0v) is 11.0. The molecule has 0 aliphatic carbocycles. The Kier molecular flexibility index (Phi) is 2.53. The number of aromatic nitrogens is 3. The Balaban J connectivity index is 1.87. The zero-order chi connectivity index (χ0) is 14.2. The number of rotatable bonds is 2. The van der Waals surface area contributed by atoms with Gasteiger partial charge in [0.2, 0.25) is 6.79 Å². The highest BCUT2D eigenvalue weighted by Crippen LogP contribution is 2.40. The number of hydrogen-bond acceptors (Lipinski definition) is 5. The first-order valence-electron chi connectivity index (χ1n) is 6.47. The molecule has 0 saturated heterocycles. The number of aromatic amines is 1. The second kappa shape index (κ2) is 4.52. The molecule has 0 saturated carbocycles. The molecule has 1 aliphatic heterocycles. The third-order valence-corrected chi connectivity index (χ3v) is 3.41. The van der Waals surface area contributed by atoms with Crippen LogP contribution in [0.2, 0.25) is 0 Å². The van der Waals surface area contributed by atoms with E-state index in [-0.39, 0.29) is 6.79 Å². The van der Waals surface area contributed by atoms with E-state index in [1.165, 1.54) is 0 Å². The van der Waals surface area contributed by atoms with Gasteiger partial charge in [0, 0.05) is 18.0 Å². The molecule has 0 fully saturated rings. The summed E-state index contributed by atoms with van der Waals surface area (Å²) in [6, 6.07) is 9.54. The third kappa shape index (κ3) is 1.88. The number of pyridine rings is 1. The van der Waals surface area contributed by atoms with Crippen molar-refractivity contribution in [2.75, 3.05) is 12.5 Å². The summed E-state index contributed by atoms with van der Waals surface area (Å²) in [7, 11) is 0. The van der Waals surface area contributed by atoms with Crippen LogP contribution >= 0.6 is 0 Å². The van der Waals surface area contributed by atoms with Gasteiger partial charge in [0.1, 0.15) is 0 Å². The molecule has 1 aromatic carbocycles. The standard InChI is InChI=1S/C15H12N4O2/c16-15-13(9-3-4-11-12(6-9)21-8-20-11)14(18-19-15)10-2-1-5-17-7-10/h1-7H,8H2,(H3,16,18,19). The fourth-order valence-electron chi connectivity index (χ4n) is 2.42. The number of fused-ring (bicyclic) bond motifs is 1. The van der Waals surface area contributed by atoms with E-state index in [0.717, 1.165) is 28.1 Å². The molecule has 4 rings (SSSR count). The number of nitrogens with zero attached hydrogens (tertiary/aromatic N) is 2. The first-order valence-corrected chi connectivity index (χ1v) is 6.47. The van der Waals surface area contributed by atoms with Gasteiger partial charge in [0.25, 0.3) is 0 Å². The summed E-state index contributed by atoms with van der Waals surface area (Å²) in [5.74, 6) is 1.89. The van der Waals surface area contributed by atoms with Crippen LogP contribution in [0.25, 0.3) is 22.4 Å². The first kappa shape index (κ1) is 11.8. The molecule has 3 heterocycles. The molecular weight excluding hydrogens is 268 g/mol. The van der Waals surface area contributed by atoms with Crippen LogP contribution in [0, 0.1) is 0 Å². The highest BCUT2D eigenvalue weighted by Gasteiger charge is 2.19. The van der Waals surface area contributed by atoms with Crippen molar-refractivity contribution in [1.29, 1.82) is 0 Å². The van der Waals surface area contributed by atoms with Crippen molar-refractivity contribution in [3.05, 3.63) is 42.7 Å². The van der Waals surface area contributed by atoms with Crippen LogP contribution in [0.3, 0.4) is 0 Å². The van der Waals surface area contributed by atoms with Gasteiger partial charge in [-0.3, -0.25) is 10.1 Å². The van der Waals surface area contributed by atoms with Crippen LogP contribution in [0.4, 0.5) is 5.82 Å². The molecule has 0 atom stereocenters. The van der Waals surface area contributed by atoms with Gasteiger partial charge in [-0.05, 0) is 29.8 Å². The number of nitrogens with two attached hydrogens (primary N) is 1. The molecule has 3 aromatic rings. The number of benzene rings is 1. The smallest absolute Gasteiger partial charge is 0.231 e. The van der Waals surface area contributed by atoms with E-state index in [0.29, 0.717) is 11.6 Å². The third-order valence-electron chi connectivity index (χ3n) is 3.41. The summed E-state index contributed by atoms with van der Waals surface area (Å²) >= 11 is 0. The average Bonchev–Trinajstić information content (AvgIpc) is 3.13. The molecule has 0 bridgehead atoms. The molecule has 6 heteroatoms. The molecule has 0 unspecified atom stereocenters. The number of hydrogen-bond donors (Lipinski definition) is 2. The lowest BCUT2D eigenvalue weighted by atomic mass is 10.0. The van der Waals surface area contributed by atoms with Gasteiger partial charge in [0.05, 0.1) is 11.3 Å². The van der Waals surface area contributed by atoms with Crippen LogP contribution in [0.15, 0.2) is 42.7 Å². The number of nitrogen functional groups attached to an aromatic ring is 1. The molecule has 3 N–H and O–H groups in total. The maximum absolute atomic E-state index is 6.02. The van der Waals surface area contributed by atoms with Crippen molar-refractivity contribution >= 4 is 5.82 Å². The molecule has 21 heavy (non-hydrogen) atoms. The highest BCUT2D eigenvalue weighted by molar-refractivity contribution is 5.88. The molecule has 104 valence electrons. The lowest BCUT2D eigenvalue weighted by Gasteiger charge is -2.05. The van der Waals surface area contributed by atoms with Gasteiger partial charge in [0.15, 0.2) is 17.3 Å². The summed E-state index contributed by atoms with van der Waals surface area (Å²) in [4.78, 5) is 4.13. The normalized spacial score (nSPS) is 12.6. The largest absolute Gasteiger partial charge is 0.454 e. The van der Waals surface area contributed by atoms with E-state index in [1.807, 2.05) is 30.3 Å². The molecule has 0 spiro atoms. The SMILES string of the molecule is Nc1n[nH]c(-c2cccnc2)c1-c1ccc2c(c1)OCO2. The van der Waals surface area contributed by atoms with Gasteiger partial charge >= 0.3 is 0 Å². The summed E-state index contributed by atoms with van der Waals surface area (Å²) in [6.45, 7) is 0.245.